The number of carbonyl (C=O) groups is 1. The zero-order chi connectivity index (χ0) is 9.14. The number of aryl methyl sites for hydroxylation is 1. The summed E-state index contributed by atoms with van der Waals surface area (Å²) in [6.07, 6.45) is 0. The number of carbonyl (C=O) groups excluding carboxylic acids is 1. The predicted molar refractivity (Wildman–Crippen MR) is 46.0 cm³/mol. The summed E-state index contributed by atoms with van der Waals surface area (Å²) in [7, 11) is 0. The van der Waals surface area contributed by atoms with Gasteiger partial charge in [0.05, 0.1) is 0 Å². The third-order valence-electron chi connectivity index (χ3n) is 1.47. The molecule has 0 aromatic heterocycles. The molecule has 1 radical (unpaired) electrons. The average Bonchev–Trinajstić information content (AvgIpc) is 1.98. The number of phenols is 1. The smallest absolute Gasteiger partial charge is 0.210 e. The van der Waals surface area contributed by atoms with Gasteiger partial charge in [0.15, 0.2) is 0 Å². The molecule has 3 nitrogen and oxygen atoms in total. The molecule has 0 spiro atoms. The zero-order valence-electron chi connectivity index (χ0n) is 7.59. The Morgan fingerprint density at radius 2 is 2.15 bits per heavy atom. The molecule has 0 unspecified atom stereocenters. The van der Waals surface area contributed by atoms with Crippen LogP contribution in [0.3, 0.4) is 0 Å². The van der Waals surface area contributed by atoms with E-state index < -0.39 is 0 Å². The van der Waals surface area contributed by atoms with Crippen LogP contribution in [-0.2, 0) is 37.5 Å². The Hall–Kier alpha value is -0.406. The van der Waals surface area contributed by atoms with E-state index in [1.54, 1.807) is 13.0 Å². The predicted octanol–water partition coefficient (Wildman–Crippen LogP) is 1.46. The summed E-state index contributed by atoms with van der Waals surface area (Å²) in [5.74, 6) is -0.103. The minimum atomic E-state index is -0.204. The fourth-order valence-corrected chi connectivity index (χ4v) is 0.884. The van der Waals surface area contributed by atoms with Gasteiger partial charge in [-0.15, -0.1) is 5.56 Å². The van der Waals surface area contributed by atoms with E-state index in [-0.39, 0.29) is 44.4 Å². The van der Waals surface area contributed by atoms with Crippen molar-refractivity contribution >= 4 is 11.6 Å². The Morgan fingerprint density at radius 1 is 1.54 bits per heavy atom. The Labute approximate surface area is 102 Å². The van der Waals surface area contributed by atoms with Crippen LogP contribution >= 0.6 is 0 Å². The van der Waals surface area contributed by atoms with Gasteiger partial charge in [0.1, 0.15) is 0 Å². The maximum atomic E-state index is 10.6. The van der Waals surface area contributed by atoms with Gasteiger partial charge in [-0.3, -0.25) is 4.79 Å². The van der Waals surface area contributed by atoms with E-state index in [0.29, 0.717) is 11.3 Å². The SMILES string of the molecule is CC(=O)Nc1c[c-]cc(C)c1O.[Y]. The molecule has 0 bridgehead atoms. The van der Waals surface area contributed by atoms with Crippen LogP contribution in [0.15, 0.2) is 12.1 Å². The van der Waals surface area contributed by atoms with Crippen LogP contribution < -0.4 is 5.32 Å². The molecule has 0 aliphatic rings. The molecular formula is C9H10NO2Y-. The molecule has 0 saturated heterocycles. The van der Waals surface area contributed by atoms with Crippen molar-refractivity contribution < 1.29 is 42.6 Å². The van der Waals surface area contributed by atoms with Crippen molar-refractivity contribution in [2.24, 2.45) is 0 Å². The summed E-state index contributed by atoms with van der Waals surface area (Å²) in [6, 6.07) is 5.99. The van der Waals surface area contributed by atoms with Crippen LogP contribution in [0.5, 0.6) is 5.75 Å². The maximum absolute atomic E-state index is 10.6. The van der Waals surface area contributed by atoms with Gasteiger partial charge in [0.25, 0.3) is 0 Å². The van der Waals surface area contributed by atoms with Crippen molar-refractivity contribution in [3.05, 3.63) is 23.8 Å². The fraction of sp³-hybridized carbons (Fsp3) is 0.222. The number of aromatic hydroxyl groups is 1. The van der Waals surface area contributed by atoms with E-state index in [9.17, 15) is 9.90 Å². The Balaban J connectivity index is 0.00000144. The van der Waals surface area contributed by atoms with Crippen LogP contribution in [-0.4, -0.2) is 11.0 Å². The van der Waals surface area contributed by atoms with Crippen molar-refractivity contribution in [3.63, 3.8) is 0 Å². The summed E-state index contributed by atoms with van der Waals surface area (Å²) < 4.78 is 0. The van der Waals surface area contributed by atoms with Crippen LogP contribution in [0, 0.1) is 13.0 Å². The maximum Gasteiger partial charge on any atom is 0.210 e. The monoisotopic (exact) mass is 253 g/mol. The van der Waals surface area contributed by atoms with E-state index in [0.717, 1.165) is 0 Å². The first-order valence-corrected chi connectivity index (χ1v) is 3.58. The van der Waals surface area contributed by atoms with Crippen LogP contribution in [0.4, 0.5) is 5.69 Å². The van der Waals surface area contributed by atoms with Crippen molar-refractivity contribution in [1.29, 1.82) is 0 Å². The Kier molecular flexibility index (Phi) is 5.18. The van der Waals surface area contributed by atoms with E-state index in [2.05, 4.69) is 11.4 Å². The molecule has 0 aliphatic heterocycles. The second-order valence-electron chi connectivity index (χ2n) is 2.58. The van der Waals surface area contributed by atoms with Gasteiger partial charge >= 0.3 is 0 Å². The van der Waals surface area contributed by atoms with E-state index >= 15 is 0 Å². The van der Waals surface area contributed by atoms with Gasteiger partial charge < -0.3 is 10.4 Å². The third-order valence-corrected chi connectivity index (χ3v) is 1.47. The van der Waals surface area contributed by atoms with E-state index in [4.69, 9.17) is 0 Å². The topological polar surface area (TPSA) is 49.3 Å². The minimum Gasteiger partial charge on any atom is -0.531 e. The van der Waals surface area contributed by atoms with Crippen molar-refractivity contribution in [2.75, 3.05) is 5.32 Å². The van der Waals surface area contributed by atoms with Crippen LogP contribution in [0.1, 0.15) is 12.5 Å². The Bertz CT molecular complexity index is 312. The first-order chi connectivity index (χ1) is 5.61. The molecule has 1 aromatic rings. The molecule has 0 heterocycles. The first-order valence-electron chi connectivity index (χ1n) is 3.58. The molecular weight excluding hydrogens is 243 g/mol. The number of hydrogen-bond donors (Lipinski definition) is 2. The number of hydrogen-bond acceptors (Lipinski definition) is 2. The average molecular weight is 253 g/mol. The van der Waals surface area contributed by atoms with Crippen molar-refractivity contribution in [2.45, 2.75) is 13.8 Å². The van der Waals surface area contributed by atoms with Crippen LogP contribution in [0.2, 0.25) is 0 Å². The van der Waals surface area contributed by atoms with Gasteiger partial charge in [0.2, 0.25) is 5.91 Å². The quantitative estimate of drug-likeness (QED) is 0.588. The molecule has 0 fully saturated rings. The molecule has 0 aliphatic carbocycles. The summed E-state index contributed by atoms with van der Waals surface area (Å²) >= 11 is 0. The number of benzene rings is 1. The molecule has 0 saturated carbocycles. The van der Waals surface area contributed by atoms with Gasteiger partial charge in [-0.25, -0.2) is 0 Å². The van der Waals surface area contributed by atoms with Crippen molar-refractivity contribution in [3.8, 4) is 5.75 Å². The number of phenolic OH excluding ortho intramolecular Hbond substituents is 1. The van der Waals surface area contributed by atoms with Crippen molar-refractivity contribution in [1.82, 2.24) is 0 Å². The third kappa shape index (κ3) is 3.45. The van der Waals surface area contributed by atoms with E-state index in [1.807, 2.05) is 0 Å². The molecule has 0 atom stereocenters. The fourth-order valence-electron chi connectivity index (χ4n) is 0.884. The number of nitrogens with one attached hydrogen (secondary N) is 1. The Morgan fingerprint density at radius 3 is 2.69 bits per heavy atom. The van der Waals surface area contributed by atoms with Gasteiger partial charge in [0, 0.05) is 45.4 Å². The summed E-state index contributed by atoms with van der Waals surface area (Å²) in [4.78, 5) is 10.6. The molecule has 1 amide bonds. The summed E-state index contributed by atoms with van der Waals surface area (Å²) in [5.41, 5.74) is 1.10. The van der Waals surface area contributed by atoms with Gasteiger partial charge in [-0.2, -0.15) is 18.2 Å². The molecule has 1 aromatic carbocycles. The zero-order valence-corrected chi connectivity index (χ0v) is 10.4. The molecule has 13 heavy (non-hydrogen) atoms. The number of rotatable bonds is 1. The van der Waals surface area contributed by atoms with E-state index in [1.165, 1.54) is 13.0 Å². The van der Waals surface area contributed by atoms with Gasteiger partial charge in [-0.1, -0.05) is 6.92 Å². The number of amides is 1. The van der Waals surface area contributed by atoms with Crippen LogP contribution in [0.25, 0.3) is 0 Å². The standard InChI is InChI=1S/C9H10NO2.Y/c1-6-4-3-5-8(9(6)12)10-7(2)11;/h4-5,12H,1-2H3,(H,10,11);/q-1;. The molecule has 4 heteroatoms. The number of anilines is 1. The normalized spacial score (nSPS) is 8.77. The first kappa shape index (κ1) is 12.6. The molecule has 1 rings (SSSR count). The minimum absolute atomic E-state index is 0. The molecule has 67 valence electrons. The molecule has 2 N–H and O–H groups in total. The summed E-state index contributed by atoms with van der Waals surface area (Å²) in [5, 5.41) is 11.9. The second-order valence-corrected chi connectivity index (χ2v) is 2.58. The van der Waals surface area contributed by atoms with Gasteiger partial charge in [-0.05, 0) is 5.69 Å². The summed E-state index contributed by atoms with van der Waals surface area (Å²) in [6.45, 7) is 3.14. The largest absolute Gasteiger partial charge is 0.531 e. The second kappa shape index (κ2) is 5.35.